The Balaban J connectivity index is 1.45. The monoisotopic (exact) mass is 390 g/mol. The number of carbonyl (C=O) groups excluding carboxylic acids is 1. The van der Waals surface area contributed by atoms with E-state index in [9.17, 15) is 9.18 Å². The number of benzene rings is 1. The normalized spacial score (nSPS) is 30.7. The van der Waals surface area contributed by atoms with Crippen LogP contribution in [-0.4, -0.2) is 61.9 Å². The highest BCUT2D eigenvalue weighted by atomic mass is 19.1. The lowest BCUT2D eigenvalue weighted by atomic mass is 9.88. The summed E-state index contributed by atoms with van der Waals surface area (Å²) in [5, 5.41) is 3.66. The van der Waals surface area contributed by atoms with Crippen molar-refractivity contribution in [3.63, 3.8) is 0 Å². The van der Waals surface area contributed by atoms with Gasteiger partial charge in [0.15, 0.2) is 0 Å². The standard InChI is InChI=1S/C22H31FN2O3/c23-17-7-4-6-16(12-17)19-13-25(20-9-2-1-3-10-24-22(19)20)21(26)15-27-14-18-8-5-11-28-18/h4,6-7,12,18-20,22,24H,1-3,5,8-11,13-15H2/t18-,19+,20-,22+/m1/s1. The van der Waals surface area contributed by atoms with Gasteiger partial charge < -0.3 is 19.7 Å². The second kappa shape index (κ2) is 9.33. The molecule has 5 nitrogen and oxygen atoms in total. The van der Waals surface area contributed by atoms with Crippen molar-refractivity contribution in [3.05, 3.63) is 35.6 Å². The topological polar surface area (TPSA) is 50.8 Å². The number of nitrogens with zero attached hydrogens (tertiary/aromatic N) is 1. The van der Waals surface area contributed by atoms with Gasteiger partial charge in [0, 0.05) is 31.2 Å². The van der Waals surface area contributed by atoms with E-state index in [0.717, 1.165) is 50.8 Å². The van der Waals surface area contributed by atoms with Gasteiger partial charge in [0.1, 0.15) is 12.4 Å². The lowest BCUT2D eigenvalue weighted by Crippen LogP contribution is -2.47. The fraction of sp³-hybridized carbons (Fsp3) is 0.682. The number of carbonyl (C=O) groups is 1. The molecule has 1 aromatic carbocycles. The van der Waals surface area contributed by atoms with Crippen molar-refractivity contribution < 1.29 is 18.7 Å². The Hall–Kier alpha value is -1.50. The highest BCUT2D eigenvalue weighted by Crippen LogP contribution is 2.36. The molecule has 1 N–H and O–H groups in total. The van der Waals surface area contributed by atoms with E-state index in [4.69, 9.17) is 9.47 Å². The summed E-state index contributed by atoms with van der Waals surface area (Å²) in [4.78, 5) is 15.0. The molecular formula is C22H31FN2O3. The van der Waals surface area contributed by atoms with Gasteiger partial charge in [0.25, 0.3) is 0 Å². The van der Waals surface area contributed by atoms with Crippen molar-refractivity contribution >= 4 is 5.91 Å². The molecule has 0 spiro atoms. The van der Waals surface area contributed by atoms with E-state index in [2.05, 4.69) is 5.32 Å². The first-order chi connectivity index (χ1) is 13.7. The van der Waals surface area contributed by atoms with Gasteiger partial charge in [-0.05, 0) is 49.9 Å². The molecular weight excluding hydrogens is 359 g/mol. The van der Waals surface area contributed by atoms with Crippen molar-refractivity contribution in [1.82, 2.24) is 10.2 Å². The predicted octanol–water partition coefficient (Wildman–Crippen LogP) is 2.85. The van der Waals surface area contributed by atoms with Crippen molar-refractivity contribution in [3.8, 4) is 0 Å². The number of nitrogens with one attached hydrogen (secondary N) is 1. The number of ether oxygens (including phenoxy) is 2. The average molecular weight is 390 g/mol. The van der Waals surface area contributed by atoms with E-state index in [1.807, 2.05) is 11.0 Å². The second-order valence-corrected chi connectivity index (χ2v) is 8.25. The lowest BCUT2D eigenvalue weighted by Gasteiger charge is -2.31. The zero-order valence-corrected chi connectivity index (χ0v) is 16.4. The summed E-state index contributed by atoms with van der Waals surface area (Å²) >= 11 is 0. The number of fused-ring (bicyclic) bond motifs is 1. The largest absolute Gasteiger partial charge is 0.376 e. The molecule has 0 unspecified atom stereocenters. The maximum absolute atomic E-state index is 13.8. The summed E-state index contributed by atoms with van der Waals surface area (Å²) in [5.41, 5.74) is 0.971. The van der Waals surface area contributed by atoms with E-state index in [0.29, 0.717) is 13.2 Å². The molecule has 3 saturated heterocycles. The Morgan fingerprint density at radius 3 is 3.00 bits per heavy atom. The van der Waals surface area contributed by atoms with Gasteiger partial charge >= 0.3 is 0 Å². The van der Waals surface area contributed by atoms with E-state index < -0.39 is 0 Å². The minimum absolute atomic E-state index is 0.0364. The molecule has 3 aliphatic rings. The highest BCUT2D eigenvalue weighted by Gasteiger charge is 2.44. The van der Waals surface area contributed by atoms with Gasteiger partial charge in [-0.1, -0.05) is 25.0 Å². The maximum atomic E-state index is 13.8. The molecule has 0 radical (unpaired) electrons. The average Bonchev–Trinajstić information content (AvgIpc) is 3.29. The SMILES string of the molecule is O=C(COC[C@H]1CCCO1)N1C[C@@H](c2cccc(F)c2)[C@@H]2NCCCCC[C@H]21. The third kappa shape index (κ3) is 4.56. The molecule has 28 heavy (non-hydrogen) atoms. The zero-order valence-electron chi connectivity index (χ0n) is 16.4. The molecule has 3 heterocycles. The zero-order chi connectivity index (χ0) is 19.3. The molecule has 3 aliphatic heterocycles. The third-order valence-electron chi connectivity index (χ3n) is 6.35. The van der Waals surface area contributed by atoms with Crippen molar-refractivity contribution in [2.24, 2.45) is 0 Å². The summed E-state index contributed by atoms with van der Waals surface area (Å²) in [7, 11) is 0. The molecule has 4 rings (SSSR count). The Labute approximate surface area is 166 Å². The Morgan fingerprint density at radius 1 is 1.25 bits per heavy atom. The number of amides is 1. The number of hydrogen-bond acceptors (Lipinski definition) is 4. The molecule has 0 aliphatic carbocycles. The summed E-state index contributed by atoms with van der Waals surface area (Å²) in [5.74, 6) is -0.0697. The molecule has 154 valence electrons. The fourth-order valence-corrected chi connectivity index (χ4v) is 4.93. The third-order valence-corrected chi connectivity index (χ3v) is 6.35. The highest BCUT2D eigenvalue weighted by molar-refractivity contribution is 5.78. The molecule has 0 bridgehead atoms. The molecule has 0 saturated carbocycles. The quantitative estimate of drug-likeness (QED) is 0.840. The van der Waals surface area contributed by atoms with Crippen LogP contribution in [-0.2, 0) is 14.3 Å². The number of hydrogen-bond donors (Lipinski definition) is 1. The Morgan fingerprint density at radius 2 is 2.18 bits per heavy atom. The molecule has 4 atom stereocenters. The van der Waals surface area contributed by atoms with Crippen LogP contribution in [0.25, 0.3) is 0 Å². The predicted molar refractivity (Wildman–Crippen MR) is 105 cm³/mol. The van der Waals surface area contributed by atoms with Gasteiger partial charge in [0.2, 0.25) is 5.91 Å². The Bertz CT molecular complexity index is 665. The second-order valence-electron chi connectivity index (χ2n) is 8.25. The van der Waals surface area contributed by atoms with Crippen molar-refractivity contribution in [2.75, 3.05) is 32.9 Å². The number of halogens is 1. The number of likely N-dealkylation sites (tertiary alicyclic amines) is 1. The van der Waals surface area contributed by atoms with Gasteiger partial charge in [-0.15, -0.1) is 0 Å². The lowest BCUT2D eigenvalue weighted by molar-refractivity contribution is -0.138. The first-order valence-electron chi connectivity index (χ1n) is 10.7. The van der Waals surface area contributed by atoms with Crippen LogP contribution >= 0.6 is 0 Å². The van der Waals surface area contributed by atoms with Gasteiger partial charge in [-0.25, -0.2) is 4.39 Å². The maximum Gasteiger partial charge on any atom is 0.248 e. The minimum atomic E-state index is -0.218. The molecule has 6 heteroatoms. The molecule has 3 fully saturated rings. The van der Waals surface area contributed by atoms with E-state index in [1.54, 1.807) is 12.1 Å². The van der Waals surface area contributed by atoms with E-state index in [-0.39, 0.29) is 42.4 Å². The van der Waals surface area contributed by atoms with Crippen LogP contribution in [0.4, 0.5) is 4.39 Å². The van der Waals surface area contributed by atoms with Gasteiger partial charge in [0.05, 0.1) is 12.7 Å². The summed E-state index contributed by atoms with van der Waals surface area (Å²) in [6.07, 6.45) is 6.64. The van der Waals surface area contributed by atoms with E-state index >= 15 is 0 Å². The van der Waals surface area contributed by atoms with Crippen LogP contribution in [0.5, 0.6) is 0 Å². The summed E-state index contributed by atoms with van der Waals surface area (Å²) in [6, 6.07) is 7.15. The summed E-state index contributed by atoms with van der Waals surface area (Å²) in [6.45, 7) is 2.94. The minimum Gasteiger partial charge on any atom is -0.376 e. The van der Waals surface area contributed by atoms with Crippen molar-refractivity contribution in [1.29, 1.82) is 0 Å². The van der Waals surface area contributed by atoms with E-state index in [1.165, 1.54) is 12.5 Å². The molecule has 1 amide bonds. The van der Waals surface area contributed by atoms with Crippen LogP contribution in [0.15, 0.2) is 24.3 Å². The van der Waals surface area contributed by atoms with Crippen LogP contribution in [0.3, 0.4) is 0 Å². The van der Waals surface area contributed by atoms with Crippen LogP contribution < -0.4 is 5.32 Å². The summed E-state index contributed by atoms with van der Waals surface area (Å²) < 4.78 is 25.1. The Kier molecular flexibility index (Phi) is 6.60. The van der Waals surface area contributed by atoms with Crippen molar-refractivity contribution in [2.45, 2.75) is 62.6 Å². The fourth-order valence-electron chi connectivity index (χ4n) is 4.93. The van der Waals surface area contributed by atoms with Crippen LogP contribution in [0.2, 0.25) is 0 Å². The van der Waals surface area contributed by atoms with Crippen LogP contribution in [0, 0.1) is 5.82 Å². The van der Waals surface area contributed by atoms with Crippen LogP contribution in [0.1, 0.15) is 50.0 Å². The van der Waals surface area contributed by atoms with Gasteiger partial charge in [-0.2, -0.15) is 0 Å². The smallest absolute Gasteiger partial charge is 0.248 e. The molecule has 0 aromatic heterocycles. The number of rotatable bonds is 5. The first-order valence-corrected chi connectivity index (χ1v) is 10.7. The van der Waals surface area contributed by atoms with Gasteiger partial charge in [-0.3, -0.25) is 4.79 Å². The first kappa shape index (κ1) is 19.8. The molecule has 1 aromatic rings.